The van der Waals surface area contributed by atoms with E-state index in [2.05, 4.69) is 22.0 Å². The summed E-state index contributed by atoms with van der Waals surface area (Å²) >= 11 is 0. The van der Waals surface area contributed by atoms with Crippen molar-refractivity contribution >= 4 is 5.97 Å². The van der Waals surface area contributed by atoms with Crippen LogP contribution in [-0.4, -0.2) is 34.6 Å². The Balaban J connectivity index is 1.65. The number of aromatic hydroxyl groups is 1. The van der Waals surface area contributed by atoms with Crippen LogP contribution in [0.15, 0.2) is 64.1 Å². The number of methoxy groups -OCH3 is 1. The number of carbonyl (C=O) groups excluding carboxylic acids is 1. The molecule has 0 amide bonds. The lowest BCUT2D eigenvalue weighted by atomic mass is 9.93. The summed E-state index contributed by atoms with van der Waals surface area (Å²) in [5.41, 5.74) is 2.71. The van der Waals surface area contributed by atoms with E-state index in [0.717, 1.165) is 19.5 Å². The zero-order chi connectivity index (χ0) is 21.8. The molecule has 0 radical (unpaired) electrons. The van der Waals surface area contributed by atoms with Crippen LogP contribution in [0, 0.1) is 0 Å². The Morgan fingerprint density at radius 2 is 2.06 bits per heavy atom. The Morgan fingerprint density at radius 1 is 1.26 bits per heavy atom. The van der Waals surface area contributed by atoms with E-state index in [4.69, 9.17) is 9.15 Å². The van der Waals surface area contributed by atoms with Crippen LogP contribution in [0.25, 0.3) is 0 Å². The van der Waals surface area contributed by atoms with Crippen LogP contribution in [0.1, 0.15) is 40.5 Å². The summed E-state index contributed by atoms with van der Waals surface area (Å²) in [7, 11) is 1.29. The Labute approximate surface area is 179 Å². The van der Waals surface area contributed by atoms with E-state index in [1.807, 2.05) is 12.1 Å². The molecule has 160 valence electrons. The molecule has 7 nitrogen and oxygen atoms in total. The molecule has 3 aromatic rings. The average molecular weight is 420 g/mol. The minimum absolute atomic E-state index is 0.0540. The fraction of sp³-hybridized carbons (Fsp3) is 0.292. The summed E-state index contributed by atoms with van der Waals surface area (Å²) in [6.07, 6.45) is 4.03. The molecule has 1 aliphatic heterocycles. The first kappa shape index (κ1) is 20.8. The van der Waals surface area contributed by atoms with Crippen LogP contribution in [0.5, 0.6) is 5.75 Å². The van der Waals surface area contributed by atoms with E-state index in [-0.39, 0.29) is 12.2 Å². The first-order valence-electron chi connectivity index (χ1n) is 10.2. The Bertz CT molecular complexity index is 1130. The van der Waals surface area contributed by atoms with Crippen LogP contribution < -0.4 is 5.43 Å². The molecule has 7 heteroatoms. The van der Waals surface area contributed by atoms with Crippen LogP contribution in [0.4, 0.5) is 0 Å². The van der Waals surface area contributed by atoms with Gasteiger partial charge in [0, 0.05) is 31.5 Å². The number of rotatable bonds is 6. The molecule has 1 N–H and O–H groups in total. The molecule has 31 heavy (non-hydrogen) atoms. The lowest BCUT2D eigenvalue weighted by molar-refractivity contribution is -0.140. The maximum Gasteiger partial charge on any atom is 0.306 e. The van der Waals surface area contributed by atoms with Crippen molar-refractivity contribution in [2.24, 2.45) is 0 Å². The van der Waals surface area contributed by atoms with Crippen LogP contribution in [0.3, 0.4) is 0 Å². The molecule has 3 heterocycles. The molecule has 4 rings (SSSR count). The number of ether oxygens (including phenoxy) is 1. The van der Waals surface area contributed by atoms with Gasteiger partial charge in [-0.15, -0.1) is 0 Å². The van der Waals surface area contributed by atoms with Gasteiger partial charge in [0.25, 0.3) is 0 Å². The second-order valence-electron chi connectivity index (χ2n) is 7.64. The summed E-state index contributed by atoms with van der Waals surface area (Å²) in [5, 5.41) is 10.5. The zero-order valence-electron chi connectivity index (χ0n) is 17.3. The predicted octanol–water partition coefficient (Wildman–Crippen LogP) is 2.99. The minimum atomic E-state index is -0.684. The highest BCUT2D eigenvalue weighted by atomic mass is 16.5. The topological polar surface area (TPSA) is 92.9 Å². The number of fused-ring (bicyclic) bond motifs is 1. The van der Waals surface area contributed by atoms with Crippen molar-refractivity contribution in [2.45, 2.75) is 31.8 Å². The SMILES string of the molecule is COC(=O)C[C@@H](c1cccnc1)c1oc(CN2CCc3ccccc3C2)cc(=O)c1O. The second-order valence-corrected chi connectivity index (χ2v) is 7.64. The van der Waals surface area contributed by atoms with E-state index in [1.54, 1.807) is 24.5 Å². The molecular weight excluding hydrogens is 396 g/mol. The van der Waals surface area contributed by atoms with E-state index in [9.17, 15) is 14.7 Å². The number of hydrogen-bond acceptors (Lipinski definition) is 7. The molecule has 0 aliphatic carbocycles. The smallest absolute Gasteiger partial charge is 0.306 e. The highest BCUT2D eigenvalue weighted by Gasteiger charge is 2.27. The highest BCUT2D eigenvalue weighted by molar-refractivity contribution is 5.71. The number of carbonyl (C=O) groups is 1. The second kappa shape index (κ2) is 9.14. The summed E-state index contributed by atoms with van der Waals surface area (Å²) < 4.78 is 10.8. The van der Waals surface area contributed by atoms with Gasteiger partial charge in [-0.1, -0.05) is 30.3 Å². The lowest BCUT2D eigenvalue weighted by Crippen LogP contribution is -2.30. The molecule has 1 atom stereocenters. The largest absolute Gasteiger partial charge is 0.502 e. The molecule has 0 saturated heterocycles. The Morgan fingerprint density at radius 3 is 2.81 bits per heavy atom. The van der Waals surface area contributed by atoms with Gasteiger partial charge in [0.2, 0.25) is 11.2 Å². The van der Waals surface area contributed by atoms with E-state index < -0.39 is 23.1 Å². The van der Waals surface area contributed by atoms with Gasteiger partial charge in [-0.25, -0.2) is 0 Å². The Kier molecular flexibility index (Phi) is 6.13. The molecule has 0 spiro atoms. The monoisotopic (exact) mass is 420 g/mol. The van der Waals surface area contributed by atoms with Gasteiger partial charge in [0.05, 0.1) is 26.0 Å². The molecule has 0 unspecified atom stereocenters. The molecule has 1 aromatic carbocycles. The summed E-state index contributed by atoms with van der Waals surface area (Å²) in [4.78, 5) is 30.9. The fourth-order valence-electron chi connectivity index (χ4n) is 3.97. The molecule has 2 aromatic heterocycles. The zero-order valence-corrected chi connectivity index (χ0v) is 17.3. The molecule has 0 bridgehead atoms. The van der Waals surface area contributed by atoms with Crippen LogP contribution in [-0.2, 0) is 29.0 Å². The van der Waals surface area contributed by atoms with Crippen molar-refractivity contribution in [1.29, 1.82) is 0 Å². The van der Waals surface area contributed by atoms with Crippen molar-refractivity contribution < 1.29 is 19.1 Å². The molecule has 0 saturated carbocycles. The van der Waals surface area contributed by atoms with Crippen molar-refractivity contribution in [3.8, 4) is 5.75 Å². The van der Waals surface area contributed by atoms with E-state index in [1.165, 1.54) is 24.3 Å². The van der Waals surface area contributed by atoms with Gasteiger partial charge in [-0.3, -0.25) is 19.5 Å². The van der Waals surface area contributed by atoms with Crippen molar-refractivity contribution in [3.63, 3.8) is 0 Å². The number of pyridine rings is 1. The predicted molar refractivity (Wildman–Crippen MR) is 114 cm³/mol. The highest BCUT2D eigenvalue weighted by Crippen LogP contribution is 2.33. The first-order chi connectivity index (χ1) is 15.0. The van der Waals surface area contributed by atoms with Crippen LogP contribution in [0.2, 0.25) is 0 Å². The van der Waals surface area contributed by atoms with Gasteiger partial charge in [-0.2, -0.15) is 0 Å². The first-order valence-corrected chi connectivity index (χ1v) is 10.2. The third-order valence-corrected chi connectivity index (χ3v) is 5.59. The van der Waals surface area contributed by atoms with Gasteiger partial charge < -0.3 is 14.3 Å². The van der Waals surface area contributed by atoms with Crippen molar-refractivity contribution in [3.05, 3.63) is 93.3 Å². The maximum atomic E-state index is 12.5. The maximum absolute atomic E-state index is 12.5. The van der Waals surface area contributed by atoms with E-state index in [0.29, 0.717) is 17.9 Å². The number of nitrogens with zero attached hydrogens (tertiary/aromatic N) is 2. The van der Waals surface area contributed by atoms with Gasteiger partial charge >= 0.3 is 5.97 Å². The van der Waals surface area contributed by atoms with Crippen molar-refractivity contribution in [1.82, 2.24) is 9.88 Å². The molecular formula is C24H24N2O5. The molecule has 1 aliphatic rings. The molecule has 0 fully saturated rings. The van der Waals surface area contributed by atoms with E-state index >= 15 is 0 Å². The number of benzene rings is 1. The standard InChI is InChI=1S/C24H24N2O5/c1-30-22(28)12-20(17-7-4-9-25-13-17)24-23(29)21(27)11-19(31-24)15-26-10-8-16-5-2-3-6-18(16)14-26/h2-7,9,11,13,20,29H,8,10,12,14-15H2,1H3/t20-/m0/s1. The van der Waals surface area contributed by atoms with Gasteiger partial charge in [-0.05, 0) is 29.2 Å². The third-order valence-electron chi connectivity index (χ3n) is 5.59. The quantitative estimate of drug-likeness (QED) is 0.613. The number of hydrogen-bond donors (Lipinski definition) is 1. The van der Waals surface area contributed by atoms with Crippen molar-refractivity contribution in [2.75, 3.05) is 13.7 Å². The third kappa shape index (κ3) is 4.67. The normalized spacial score (nSPS) is 14.6. The number of esters is 1. The Hall–Kier alpha value is -3.45. The average Bonchev–Trinajstić information content (AvgIpc) is 2.80. The summed E-state index contributed by atoms with van der Waals surface area (Å²) in [6.45, 7) is 2.02. The summed E-state index contributed by atoms with van der Waals surface area (Å²) in [6, 6.07) is 13.1. The number of aromatic nitrogens is 1. The summed E-state index contributed by atoms with van der Waals surface area (Å²) in [5.74, 6) is -1.16. The van der Waals surface area contributed by atoms with Gasteiger partial charge in [0.15, 0.2) is 5.76 Å². The lowest BCUT2D eigenvalue weighted by Gasteiger charge is -2.28. The minimum Gasteiger partial charge on any atom is -0.502 e. The fourth-order valence-corrected chi connectivity index (χ4v) is 3.97. The van der Waals surface area contributed by atoms with Crippen LogP contribution >= 0.6 is 0 Å². The van der Waals surface area contributed by atoms with Gasteiger partial charge in [0.1, 0.15) is 5.76 Å².